The van der Waals surface area contributed by atoms with E-state index < -0.39 is 111 Å². The molecule has 0 saturated heterocycles. The summed E-state index contributed by atoms with van der Waals surface area (Å²) in [5.41, 5.74) is -5.21. The Hall–Kier alpha value is -5.07. The van der Waals surface area contributed by atoms with Crippen molar-refractivity contribution in [2.24, 2.45) is 0 Å². The van der Waals surface area contributed by atoms with Gasteiger partial charge >= 0.3 is 0 Å². The first-order valence-electron chi connectivity index (χ1n) is 13.5. The zero-order valence-electron chi connectivity index (χ0n) is 24.0. The summed E-state index contributed by atoms with van der Waals surface area (Å²) in [5.74, 6) is -4.46. The van der Waals surface area contributed by atoms with Crippen LogP contribution >= 0.6 is 0 Å². The van der Waals surface area contributed by atoms with Gasteiger partial charge in [-0.05, 0) is 18.2 Å². The molecule has 4 aliphatic rings. The summed E-state index contributed by atoms with van der Waals surface area (Å²) in [4.78, 5) is 48.1. The van der Waals surface area contributed by atoms with Crippen LogP contribution in [-0.4, -0.2) is 86.8 Å². The number of hydrogen-bond acceptors (Lipinski definition) is 13. The molecule has 0 bridgehead atoms. The van der Waals surface area contributed by atoms with Crippen LogP contribution < -0.4 is 10.3 Å². The molecule has 6 N–H and O–H groups in total. The van der Waals surface area contributed by atoms with Crippen LogP contribution in [0.3, 0.4) is 0 Å². The summed E-state index contributed by atoms with van der Waals surface area (Å²) in [7, 11) is -25.2. The quantitative estimate of drug-likeness (QED) is 0.141. The third-order valence-corrected chi connectivity index (χ3v) is 12.4. The zero-order chi connectivity index (χ0) is 36.6. The van der Waals surface area contributed by atoms with Crippen molar-refractivity contribution in [1.29, 1.82) is 0 Å². The Morgan fingerprint density at radius 1 is 0.540 bits per heavy atom. The van der Waals surface area contributed by atoms with E-state index in [2.05, 4.69) is 10.3 Å². The van der Waals surface area contributed by atoms with Crippen molar-refractivity contribution in [3.05, 3.63) is 93.1 Å². The topological polar surface area (TPSA) is 312 Å². The van der Waals surface area contributed by atoms with E-state index in [0.717, 1.165) is 12.1 Å². The molecule has 1 unspecified atom stereocenters. The molecule has 0 amide bonds. The molecule has 0 spiro atoms. The Kier molecular flexibility index (Phi) is 6.84. The summed E-state index contributed by atoms with van der Waals surface area (Å²) in [6, 6.07) is 6.97. The highest BCUT2D eigenvalue weighted by Gasteiger charge is 2.51. The lowest BCUT2D eigenvalue weighted by Crippen LogP contribution is -2.74. The lowest BCUT2D eigenvalue weighted by Gasteiger charge is -2.31. The molecule has 256 valence electrons. The SMILES string of the molecule is O=C1C2=C(C(=O)c3ccccc31)C1Nc3ccc4c(c3[NH+]=C1C=C2)C(=O)c1c(c(S(=O)(=O)O)c(S(=O)(=O)O)c(S(=O)(=O)O)c1S(=O)(=O)O)C4=O. The molecule has 7 rings (SSSR count). The number of carbonyl (C=O) groups excluding carboxylic acids is 4. The van der Waals surface area contributed by atoms with Gasteiger partial charge in [-0.25, -0.2) is 4.99 Å². The van der Waals surface area contributed by atoms with Crippen LogP contribution in [0.1, 0.15) is 52.6 Å². The Balaban J connectivity index is 1.53. The summed E-state index contributed by atoms with van der Waals surface area (Å²) >= 11 is 0. The maximum atomic E-state index is 14.2. The standard InChI is InChI=1S/C28H14N2O16S4/c31-21-9-3-1-2-4-10(9)22(32)15-11(21)5-7-13-19(15)29-14-8-6-12-16(20(14)30-13)24(34)18-17(23(12)33)25(47(35,36)37)27(49(41,42)43)28(50(44,45)46)26(18)48(38,39)40/h1-8,19,29H,(H,35,36,37)(H,38,39,40)(H,41,42,43)(H,44,45,46)/p+1. The first-order chi connectivity index (χ1) is 23.0. The van der Waals surface area contributed by atoms with Gasteiger partial charge in [-0.15, -0.1) is 0 Å². The molecule has 0 aromatic heterocycles. The minimum atomic E-state index is -6.36. The van der Waals surface area contributed by atoms with Crippen LogP contribution in [0.2, 0.25) is 0 Å². The predicted molar refractivity (Wildman–Crippen MR) is 163 cm³/mol. The van der Waals surface area contributed by atoms with Gasteiger partial charge in [-0.3, -0.25) is 37.4 Å². The van der Waals surface area contributed by atoms with Crippen LogP contribution in [0.4, 0.5) is 11.4 Å². The molecule has 3 aromatic carbocycles. The molecule has 3 aromatic rings. The third kappa shape index (κ3) is 4.61. The fraction of sp³-hybridized carbons (Fsp3) is 0.0357. The van der Waals surface area contributed by atoms with Gasteiger partial charge < -0.3 is 5.32 Å². The Morgan fingerprint density at radius 2 is 1.04 bits per heavy atom. The first kappa shape index (κ1) is 33.4. The Labute approximate surface area is 279 Å². The fourth-order valence-electron chi connectivity index (χ4n) is 6.45. The van der Waals surface area contributed by atoms with E-state index in [-0.39, 0.29) is 39.4 Å². The van der Waals surface area contributed by atoms with E-state index in [0.29, 0.717) is 0 Å². The summed E-state index contributed by atoms with van der Waals surface area (Å²) in [6.45, 7) is 0. The highest BCUT2D eigenvalue weighted by molar-refractivity contribution is 7.91. The van der Waals surface area contributed by atoms with Gasteiger partial charge in [0.25, 0.3) is 40.5 Å². The Morgan fingerprint density at radius 3 is 1.56 bits per heavy atom. The average molecular weight is 764 g/mol. The van der Waals surface area contributed by atoms with Gasteiger partial charge in [0.15, 0.2) is 17.3 Å². The number of rotatable bonds is 4. The molecule has 0 radical (unpaired) electrons. The first-order valence-corrected chi connectivity index (χ1v) is 19.2. The number of Topliss-reactive ketones (excluding diaryl/α,β-unsaturated/α-hetero) is 2. The van der Waals surface area contributed by atoms with E-state index in [1.807, 2.05) is 0 Å². The number of allylic oxidation sites excluding steroid dienone is 2. The van der Waals surface area contributed by atoms with Gasteiger partial charge in [-0.2, -0.15) is 33.7 Å². The van der Waals surface area contributed by atoms with Crippen molar-refractivity contribution < 1.29 is 76.1 Å². The maximum Gasteiger partial charge on any atom is 0.297 e. The molecule has 3 aliphatic carbocycles. The van der Waals surface area contributed by atoms with Gasteiger partial charge in [-0.1, -0.05) is 24.3 Å². The minimum absolute atomic E-state index is 0.00295. The summed E-state index contributed by atoms with van der Waals surface area (Å²) in [6.07, 6.45) is 2.65. The van der Waals surface area contributed by atoms with Crippen molar-refractivity contribution in [3.63, 3.8) is 0 Å². The normalized spacial score (nSPS) is 18.3. The summed E-state index contributed by atoms with van der Waals surface area (Å²) < 4.78 is 140. The molecule has 1 aliphatic heterocycles. The van der Waals surface area contributed by atoms with Crippen molar-refractivity contribution in [2.45, 2.75) is 25.6 Å². The van der Waals surface area contributed by atoms with Crippen molar-refractivity contribution >= 4 is 80.7 Å². The van der Waals surface area contributed by atoms with E-state index in [4.69, 9.17) is 0 Å². The number of benzene rings is 3. The Bertz CT molecular complexity index is 2850. The second-order valence-corrected chi connectivity index (χ2v) is 16.5. The van der Waals surface area contributed by atoms with E-state index in [1.165, 1.54) is 24.3 Å². The van der Waals surface area contributed by atoms with Crippen LogP contribution in [0, 0.1) is 0 Å². The smallest absolute Gasteiger partial charge is 0.297 e. The van der Waals surface area contributed by atoms with Gasteiger partial charge in [0.2, 0.25) is 17.2 Å². The van der Waals surface area contributed by atoms with Crippen molar-refractivity contribution in [3.8, 4) is 0 Å². The molecular formula is C28H15N2O16S4+. The fourth-order valence-corrected chi connectivity index (χ4v) is 11.4. The number of fused-ring (bicyclic) bond motifs is 7. The average Bonchev–Trinajstić information content (AvgIpc) is 3.01. The molecule has 0 saturated carbocycles. The molecule has 18 nitrogen and oxygen atoms in total. The highest BCUT2D eigenvalue weighted by Crippen LogP contribution is 2.46. The van der Waals surface area contributed by atoms with Crippen molar-refractivity contribution in [2.75, 3.05) is 5.32 Å². The van der Waals surface area contributed by atoms with Crippen LogP contribution in [-0.2, 0) is 40.5 Å². The molecule has 50 heavy (non-hydrogen) atoms. The maximum absolute atomic E-state index is 14.2. The van der Waals surface area contributed by atoms with E-state index in [1.54, 1.807) is 12.1 Å². The second-order valence-electron chi connectivity index (χ2n) is 11.1. The minimum Gasteiger partial charge on any atom is -0.364 e. The van der Waals surface area contributed by atoms with E-state index in [9.17, 15) is 71.1 Å². The molecule has 1 atom stereocenters. The largest absolute Gasteiger partial charge is 0.364 e. The molecule has 0 fully saturated rings. The number of anilines is 1. The number of carbonyl (C=O) groups is 4. The van der Waals surface area contributed by atoms with Gasteiger partial charge in [0, 0.05) is 33.9 Å². The highest BCUT2D eigenvalue weighted by atomic mass is 32.2. The van der Waals surface area contributed by atoms with Gasteiger partial charge in [0.05, 0.1) is 11.1 Å². The van der Waals surface area contributed by atoms with Crippen LogP contribution in [0.5, 0.6) is 0 Å². The predicted octanol–water partition coefficient (Wildman–Crippen LogP) is -0.658. The monoisotopic (exact) mass is 763 g/mol. The second kappa shape index (κ2) is 10.2. The lowest BCUT2D eigenvalue weighted by molar-refractivity contribution is -0.355. The van der Waals surface area contributed by atoms with Crippen LogP contribution in [0.15, 0.2) is 79.3 Å². The van der Waals surface area contributed by atoms with Crippen molar-refractivity contribution in [1.82, 2.24) is 0 Å². The number of ketones is 4. The molecule has 1 heterocycles. The number of nitrogens with one attached hydrogen (secondary N) is 2. The van der Waals surface area contributed by atoms with Crippen LogP contribution in [0.25, 0.3) is 0 Å². The third-order valence-electron chi connectivity index (χ3n) is 8.28. The molecule has 22 heteroatoms. The molecular weight excluding hydrogens is 749 g/mol. The number of hydrogen-bond donors (Lipinski definition) is 6. The summed E-state index contributed by atoms with van der Waals surface area (Å²) in [5, 5.41) is 2.94. The lowest BCUT2D eigenvalue weighted by atomic mass is 9.76. The van der Waals surface area contributed by atoms with E-state index >= 15 is 0 Å². The zero-order valence-corrected chi connectivity index (χ0v) is 27.3. The van der Waals surface area contributed by atoms with Gasteiger partial charge in [0.1, 0.15) is 36.9 Å².